The van der Waals surface area contributed by atoms with Crippen molar-refractivity contribution in [2.24, 2.45) is 4.99 Å². The van der Waals surface area contributed by atoms with Gasteiger partial charge in [0.25, 0.3) is 0 Å². The van der Waals surface area contributed by atoms with Gasteiger partial charge in [0.1, 0.15) is 6.73 Å². The van der Waals surface area contributed by atoms with E-state index in [0.717, 1.165) is 6.61 Å². The van der Waals surface area contributed by atoms with Gasteiger partial charge in [-0.05, 0) is 0 Å². The van der Waals surface area contributed by atoms with Crippen LogP contribution < -0.4 is 0 Å². The highest BCUT2D eigenvalue weighted by Gasteiger charge is 1.87. The molecule has 2 nitrogen and oxygen atoms in total. The molecule has 1 radical (unpaired) electrons. The van der Waals surface area contributed by atoms with E-state index in [4.69, 9.17) is 4.74 Å². The highest BCUT2D eigenvalue weighted by Crippen LogP contribution is 1.84. The largest absolute Gasteiger partial charge is 0.359 e. The molecule has 1 rings (SSSR count). The lowest BCUT2D eigenvalue weighted by molar-refractivity contribution is 0.161. The topological polar surface area (TPSA) is 21.6 Å². The zero-order valence-corrected chi connectivity index (χ0v) is 3.42. The quantitative estimate of drug-likeness (QED) is 0.412. The van der Waals surface area contributed by atoms with Gasteiger partial charge in [0.15, 0.2) is 0 Å². The fourth-order valence-electron chi connectivity index (χ4n) is 0.334. The van der Waals surface area contributed by atoms with Crippen LogP contribution >= 0.6 is 0 Å². The van der Waals surface area contributed by atoms with E-state index in [2.05, 4.69) is 4.99 Å². The molecule has 0 atom stereocenters. The Kier molecular flexibility index (Phi) is 1.22. The molecule has 0 aromatic rings. The van der Waals surface area contributed by atoms with Gasteiger partial charge in [-0.3, -0.25) is 4.99 Å². The number of ether oxygens (including phenoxy) is 1. The minimum Gasteiger partial charge on any atom is -0.359 e. The molecule has 0 unspecified atom stereocenters. The molecule has 0 aromatic heterocycles. The van der Waals surface area contributed by atoms with E-state index >= 15 is 0 Å². The molecule has 33 valence electrons. The minimum absolute atomic E-state index is 0.538. The summed E-state index contributed by atoms with van der Waals surface area (Å²) in [5, 5.41) is 0. The van der Waals surface area contributed by atoms with Crippen LogP contribution in [0.1, 0.15) is 0 Å². The van der Waals surface area contributed by atoms with Gasteiger partial charge in [0.2, 0.25) is 0 Å². The molecule has 0 aliphatic carbocycles. The molecular weight excluding hydrogens is 78.0 g/mol. The first kappa shape index (κ1) is 3.81. The Morgan fingerprint density at radius 3 is 2.83 bits per heavy atom. The van der Waals surface area contributed by atoms with E-state index in [1.807, 2.05) is 6.42 Å². The van der Waals surface area contributed by atoms with Gasteiger partial charge < -0.3 is 4.74 Å². The normalized spacial score (nSPS) is 21.3. The second-order valence-electron chi connectivity index (χ2n) is 1.07. The monoisotopic (exact) mass is 84.0 g/mol. The lowest BCUT2D eigenvalue weighted by atomic mass is 10.5. The molecule has 0 aromatic carbocycles. The van der Waals surface area contributed by atoms with Crippen LogP contribution in [0.2, 0.25) is 0 Å². The SMILES string of the molecule is [CH]1C=NCOC1. The van der Waals surface area contributed by atoms with Crippen molar-refractivity contribution >= 4 is 6.21 Å². The summed E-state index contributed by atoms with van der Waals surface area (Å²) < 4.78 is 4.82. The second-order valence-corrected chi connectivity index (χ2v) is 1.07. The van der Waals surface area contributed by atoms with Crippen LogP contribution in [0.25, 0.3) is 0 Å². The fraction of sp³-hybridized carbons (Fsp3) is 0.500. The molecule has 6 heavy (non-hydrogen) atoms. The van der Waals surface area contributed by atoms with Gasteiger partial charge in [-0.25, -0.2) is 0 Å². The first-order valence-corrected chi connectivity index (χ1v) is 1.89. The summed E-state index contributed by atoms with van der Waals surface area (Å²) >= 11 is 0. The van der Waals surface area contributed by atoms with Crippen molar-refractivity contribution < 1.29 is 4.74 Å². The maximum Gasteiger partial charge on any atom is 0.137 e. The highest BCUT2D eigenvalue weighted by molar-refractivity contribution is 5.67. The lowest BCUT2D eigenvalue weighted by Gasteiger charge is -2.00. The van der Waals surface area contributed by atoms with E-state index in [1.54, 1.807) is 6.21 Å². The van der Waals surface area contributed by atoms with Crippen LogP contribution in [-0.4, -0.2) is 19.6 Å². The highest BCUT2D eigenvalue weighted by atomic mass is 16.5. The van der Waals surface area contributed by atoms with Gasteiger partial charge in [-0.2, -0.15) is 0 Å². The van der Waals surface area contributed by atoms with Crippen molar-refractivity contribution in [2.75, 3.05) is 13.3 Å². The number of rotatable bonds is 0. The average molecular weight is 84.1 g/mol. The molecule has 0 amide bonds. The Morgan fingerprint density at radius 1 is 1.67 bits per heavy atom. The standard InChI is InChI=1S/C4H6NO/c1-2-5-4-6-3-1/h1-2H,3-4H2. The third-order valence-electron chi connectivity index (χ3n) is 0.591. The molecule has 0 spiro atoms. The summed E-state index contributed by atoms with van der Waals surface area (Å²) in [7, 11) is 0. The predicted octanol–water partition coefficient (Wildman–Crippen LogP) is 0.249. The zero-order valence-electron chi connectivity index (χ0n) is 3.42. The maximum absolute atomic E-state index is 4.82. The van der Waals surface area contributed by atoms with E-state index in [-0.39, 0.29) is 0 Å². The fourth-order valence-corrected chi connectivity index (χ4v) is 0.334. The molecule has 0 fully saturated rings. The van der Waals surface area contributed by atoms with Gasteiger partial charge in [0, 0.05) is 12.6 Å². The van der Waals surface area contributed by atoms with Crippen LogP contribution in [0.5, 0.6) is 0 Å². The van der Waals surface area contributed by atoms with Crippen LogP contribution in [0.15, 0.2) is 4.99 Å². The Morgan fingerprint density at radius 2 is 2.67 bits per heavy atom. The summed E-state index contributed by atoms with van der Waals surface area (Å²) in [5.74, 6) is 0. The minimum atomic E-state index is 0.538. The Hall–Kier alpha value is -0.370. The molecule has 0 saturated heterocycles. The Balaban J connectivity index is 2.26. The summed E-state index contributed by atoms with van der Waals surface area (Å²) in [4.78, 5) is 3.77. The molecule has 2 heteroatoms. The third kappa shape index (κ3) is 0.792. The number of hydrogen-bond donors (Lipinski definition) is 0. The number of aliphatic imine (C=N–C) groups is 1. The van der Waals surface area contributed by atoms with Crippen molar-refractivity contribution in [2.45, 2.75) is 0 Å². The van der Waals surface area contributed by atoms with Crippen molar-refractivity contribution in [3.8, 4) is 0 Å². The summed E-state index contributed by atoms with van der Waals surface area (Å²) in [6.45, 7) is 1.26. The van der Waals surface area contributed by atoms with Crippen molar-refractivity contribution in [3.63, 3.8) is 0 Å². The van der Waals surface area contributed by atoms with Gasteiger partial charge in [0.05, 0.1) is 6.61 Å². The van der Waals surface area contributed by atoms with Crippen LogP contribution in [0.3, 0.4) is 0 Å². The average Bonchev–Trinajstić information content (AvgIpc) is 1.72. The zero-order chi connectivity index (χ0) is 4.24. The molecule has 1 aliphatic rings. The Bertz CT molecular complexity index is 52.6. The predicted molar refractivity (Wildman–Crippen MR) is 23.6 cm³/mol. The maximum atomic E-state index is 4.82. The van der Waals surface area contributed by atoms with Crippen LogP contribution in [-0.2, 0) is 4.74 Å². The van der Waals surface area contributed by atoms with Gasteiger partial charge in [-0.15, -0.1) is 0 Å². The number of nitrogens with zero attached hydrogens (tertiary/aromatic N) is 1. The first-order chi connectivity index (χ1) is 3.00. The summed E-state index contributed by atoms with van der Waals surface area (Å²) in [6.07, 6.45) is 3.65. The van der Waals surface area contributed by atoms with Gasteiger partial charge in [-0.1, -0.05) is 0 Å². The van der Waals surface area contributed by atoms with Crippen LogP contribution in [0.4, 0.5) is 0 Å². The summed E-state index contributed by atoms with van der Waals surface area (Å²) in [5.41, 5.74) is 0. The summed E-state index contributed by atoms with van der Waals surface area (Å²) in [6, 6.07) is 0. The Labute approximate surface area is 36.8 Å². The van der Waals surface area contributed by atoms with Crippen molar-refractivity contribution in [1.29, 1.82) is 0 Å². The molecule has 1 aliphatic heterocycles. The van der Waals surface area contributed by atoms with E-state index in [9.17, 15) is 0 Å². The van der Waals surface area contributed by atoms with E-state index in [1.165, 1.54) is 0 Å². The van der Waals surface area contributed by atoms with E-state index in [0.29, 0.717) is 6.73 Å². The van der Waals surface area contributed by atoms with E-state index < -0.39 is 0 Å². The first-order valence-electron chi connectivity index (χ1n) is 1.89. The molecule has 1 heterocycles. The third-order valence-corrected chi connectivity index (χ3v) is 0.591. The smallest absolute Gasteiger partial charge is 0.137 e. The van der Waals surface area contributed by atoms with Crippen LogP contribution in [0, 0.1) is 6.42 Å². The number of hydrogen-bond acceptors (Lipinski definition) is 2. The molecular formula is C4H6NO. The second kappa shape index (κ2) is 1.92. The molecule has 0 bridgehead atoms. The van der Waals surface area contributed by atoms with Crippen molar-refractivity contribution in [3.05, 3.63) is 6.42 Å². The van der Waals surface area contributed by atoms with Gasteiger partial charge >= 0.3 is 0 Å². The van der Waals surface area contributed by atoms with Crippen molar-refractivity contribution in [1.82, 2.24) is 0 Å². The molecule has 0 N–H and O–H groups in total. The lowest BCUT2D eigenvalue weighted by Crippen LogP contribution is -2.01. The molecule has 0 saturated carbocycles.